The van der Waals surface area contributed by atoms with Gasteiger partial charge in [-0.05, 0) is 36.8 Å². The lowest BCUT2D eigenvalue weighted by Gasteiger charge is -2.37. The number of thiocarbonyl (C=S) groups is 1. The Hall–Kier alpha value is -1.86. The molecule has 0 amide bonds. The lowest BCUT2D eigenvalue weighted by Crippen LogP contribution is -2.50. The zero-order valence-electron chi connectivity index (χ0n) is 12.1. The Kier molecular flexibility index (Phi) is 5.79. The molecular formula is C15H13ClF3N3S. The van der Waals surface area contributed by atoms with E-state index in [-0.39, 0.29) is 5.95 Å². The number of aliphatic imine (C=N–C) groups is 1. The summed E-state index contributed by atoms with van der Waals surface area (Å²) < 4.78 is 33.2. The first-order valence-corrected chi connectivity index (χ1v) is 7.38. The maximum atomic E-state index is 13.9. The van der Waals surface area contributed by atoms with E-state index in [1.54, 1.807) is 23.2 Å². The number of hydrogen-bond acceptors (Lipinski definition) is 3. The highest BCUT2D eigenvalue weighted by Gasteiger charge is 2.31. The topological polar surface area (TPSA) is 18.8 Å². The molecule has 3 rings (SSSR count). The molecule has 0 radical (unpaired) electrons. The number of alkyl halides is 2. The van der Waals surface area contributed by atoms with Crippen LogP contribution >= 0.6 is 23.8 Å². The molecule has 2 heterocycles. The van der Waals surface area contributed by atoms with Crippen LogP contribution in [0, 0.1) is 6.92 Å². The summed E-state index contributed by atoms with van der Waals surface area (Å²) in [6, 6.07) is 5.55. The third-order valence-corrected chi connectivity index (χ3v) is 3.87. The van der Waals surface area contributed by atoms with Gasteiger partial charge in [-0.15, -0.1) is 0 Å². The van der Waals surface area contributed by atoms with Crippen molar-refractivity contribution in [2.24, 2.45) is 4.99 Å². The van der Waals surface area contributed by atoms with Gasteiger partial charge in [0.25, 0.3) is 0 Å². The van der Waals surface area contributed by atoms with Gasteiger partial charge in [-0.25, -0.2) is 13.8 Å². The average molecular weight is 360 g/mol. The summed E-state index contributed by atoms with van der Waals surface area (Å²) >= 11 is 11.3. The van der Waals surface area contributed by atoms with E-state index in [0.717, 1.165) is 11.3 Å². The molecule has 0 spiro atoms. The number of anilines is 1. The molecule has 0 bridgehead atoms. The van der Waals surface area contributed by atoms with Gasteiger partial charge in [0.2, 0.25) is 12.9 Å². The molecule has 0 fully saturated rings. The zero-order chi connectivity index (χ0) is 17.0. The second-order valence-electron chi connectivity index (χ2n) is 4.60. The average Bonchev–Trinajstić information content (AvgIpc) is 2.51. The van der Waals surface area contributed by atoms with Crippen LogP contribution in [0.2, 0.25) is 5.02 Å². The van der Waals surface area contributed by atoms with Gasteiger partial charge in [0.05, 0.1) is 5.69 Å². The fourth-order valence-electron chi connectivity index (χ4n) is 2.14. The van der Waals surface area contributed by atoms with Gasteiger partial charge in [0.1, 0.15) is 4.99 Å². The number of guanidine groups is 1. The van der Waals surface area contributed by atoms with Crippen LogP contribution in [0.3, 0.4) is 0 Å². The number of hydrogen-bond donors (Lipinski definition) is 0. The fraction of sp³-hybridized carbons (Fsp3) is 0.200. The Morgan fingerprint density at radius 2 is 2.04 bits per heavy atom. The maximum Gasteiger partial charge on any atom is 0.229 e. The van der Waals surface area contributed by atoms with Gasteiger partial charge >= 0.3 is 0 Å². The van der Waals surface area contributed by atoms with E-state index in [9.17, 15) is 13.2 Å². The number of nitrogens with zero attached hydrogens (tertiary/aromatic N) is 3. The minimum Gasteiger partial charge on any atom is -0.284 e. The molecule has 0 aliphatic carbocycles. The molecule has 1 aromatic rings. The highest BCUT2D eigenvalue weighted by atomic mass is 35.5. The quantitative estimate of drug-likeness (QED) is 0.536. The maximum absolute atomic E-state index is 13.9. The molecular weight excluding hydrogens is 347 g/mol. The van der Waals surface area contributed by atoms with Crippen molar-refractivity contribution < 1.29 is 13.2 Å². The van der Waals surface area contributed by atoms with Gasteiger partial charge in [-0.1, -0.05) is 23.8 Å². The molecule has 8 heteroatoms. The van der Waals surface area contributed by atoms with Crippen molar-refractivity contribution >= 4 is 40.5 Å². The van der Waals surface area contributed by atoms with E-state index in [1.165, 1.54) is 11.0 Å². The van der Waals surface area contributed by atoms with Crippen LogP contribution < -0.4 is 4.90 Å². The van der Waals surface area contributed by atoms with Crippen molar-refractivity contribution in [1.29, 1.82) is 0 Å². The van der Waals surface area contributed by atoms with Gasteiger partial charge in [0, 0.05) is 23.8 Å². The Labute approximate surface area is 142 Å². The van der Waals surface area contributed by atoms with Crippen molar-refractivity contribution in [3.8, 4) is 0 Å². The third-order valence-electron chi connectivity index (χ3n) is 3.15. The highest BCUT2D eigenvalue weighted by Crippen LogP contribution is 2.28. The third kappa shape index (κ3) is 3.73. The normalized spacial score (nSPS) is 16.3. The molecule has 122 valence electrons. The van der Waals surface area contributed by atoms with Crippen molar-refractivity contribution in [3.05, 3.63) is 53.1 Å². The Balaban J connectivity index is 0.000000595. The van der Waals surface area contributed by atoms with E-state index in [0.29, 0.717) is 22.5 Å². The van der Waals surface area contributed by atoms with E-state index < -0.39 is 6.93 Å². The van der Waals surface area contributed by atoms with Crippen LogP contribution in [-0.4, -0.2) is 29.3 Å². The molecule has 2 aliphatic heterocycles. The molecule has 0 aromatic heterocycles. The Bertz CT molecular complexity index is 703. The SMILES string of the molecule is Cc1cc(N2C(=S)C=C(F)N3CC=CN=C32)ccc1Cl.FCF. The number of halogens is 4. The van der Waals surface area contributed by atoms with E-state index in [1.807, 2.05) is 19.1 Å². The van der Waals surface area contributed by atoms with Gasteiger partial charge in [0.15, 0.2) is 5.95 Å². The van der Waals surface area contributed by atoms with E-state index >= 15 is 0 Å². The molecule has 2 aliphatic rings. The molecule has 3 nitrogen and oxygen atoms in total. The summed E-state index contributed by atoms with van der Waals surface area (Å²) in [5.41, 5.74) is 1.75. The van der Waals surface area contributed by atoms with Crippen LogP contribution in [0.4, 0.5) is 18.9 Å². The van der Waals surface area contributed by atoms with E-state index in [2.05, 4.69) is 4.99 Å². The predicted octanol–water partition coefficient (Wildman–Crippen LogP) is 4.67. The molecule has 1 aromatic carbocycles. The summed E-state index contributed by atoms with van der Waals surface area (Å²) in [6.45, 7) is 0.600. The number of benzene rings is 1. The van der Waals surface area contributed by atoms with Crippen molar-refractivity contribution in [3.63, 3.8) is 0 Å². The number of rotatable bonds is 1. The number of aryl methyl sites for hydroxylation is 1. The van der Waals surface area contributed by atoms with Crippen molar-refractivity contribution in [2.75, 3.05) is 18.4 Å². The molecule has 0 N–H and O–H groups in total. The first-order chi connectivity index (χ1) is 11.0. The van der Waals surface area contributed by atoms with Crippen LogP contribution in [0.5, 0.6) is 0 Å². The molecule has 0 atom stereocenters. The lowest BCUT2D eigenvalue weighted by atomic mass is 10.2. The smallest absolute Gasteiger partial charge is 0.229 e. The van der Waals surface area contributed by atoms with Crippen LogP contribution in [0.1, 0.15) is 5.56 Å². The van der Waals surface area contributed by atoms with E-state index in [4.69, 9.17) is 23.8 Å². The van der Waals surface area contributed by atoms with Crippen LogP contribution in [-0.2, 0) is 0 Å². The Morgan fingerprint density at radius 3 is 2.70 bits per heavy atom. The molecule has 0 saturated carbocycles. The second kappa shape index (κ2) is 7.61. The summed E-state index contributed by atoms with van der Waals surface area (Å²) in [7, 11) is 0. The zero-order valence-corrected chi connectivity index (χ0v) is 13.7. The van der Waals surface area contributed by atoms with Crippen molar-refractivity contribution in [2.45, 2.75) is 6.92 Å². The molecule has 0 unspecified atom stereocenters. The summed E-state index contributed by atoms with van der Waals surface area (Å²) in [6.07, 6.45) is 4.77. The van der Waals surface area contributed by atoms with Crippen molar-refractivity contribution in [1.82, 2.24) is 4.90 Å². The molecule has 0 saturated heterocycles. The van der Waals surface area contributed by atoms with Gasteiger partial charge in [-0.3, -0.25) is 9.80 Å². The highest BCUT2D eigenvalue weighted by molar-refractivity contribution is 7.81. The monoisotopic (exact) mass is 359 g/mol. The first kappa shape index (κ1) is 17.5. The fourth-order valence-corrected chi connectivity index (χ4v) is 2.54. The Morgan fingerprint density at radius 1 is 1.35 bits per heavy atom. The minimum atomic E-state index is -1.75. The standard InChI is InChI=1S/C14H11ClFN3S.CH2F2/c1-9-7-10(3-4-11(9)15)19-13(20)8-12(16)18-6-2-5-17-14(18)19;2-1-3/h2-5,7-8H,6H2,1H3;1H2. The minimum absolute atomic E-state index is 0.370. The summed E-state index contributed by atoms with van der Waals surface area (Å²) in [4.78, 5) is 7.83. The van der Waals surface area contributed by atoms with Gasteiger partial charge in [-0.2, -0.15) is 4.39 Å². The summed E-state index contributed by atoms with van der Waals surface area (Å²) in [5.74, 6) is 0.0826. The lowest BCUT2D eigenvalue weighted by molar-refractivity contribution is 0.295. The van der Waals surface area contributed by atoms with Crippen LogP contribution in [0.15, 0.2) is 47.5 Å². The van der Waals surface area contributed by atoms with Crippen LogP contribution in [0.25, 0.3) is 0 Å². The summed E-state index contributed by atoms with van der Waals surface area (Å²) in [5, 5.41) is 0.681. The number of fused-ring (bicyclic) bond motifs is 1. The first-order valence-electron chi connectivity index (χ1n) is 6.59. The van der Waals surface area contributed by atoms with Gasteiger partial charge < -0.3 is 0 Å². The second-order valence-corrected chi connectivity index (χ2v) is 5.43. The largest absolute Gasteiger partial charge is 0.284 e. The predicted molar refractivity (Wildman–Crippen MR) is 90.8 cm³/mol. The molecule has 23 heavy (non-hydrogen) atoms.